The zero-order valence-electron chi connectivity index (χ0n) is 22.0. The minimum absolute atomic E-state index is 0.0334. The molecule has 3 amide bonds. The number of carbonyl (C=O) groups is 3. The fourth-order valence-electron chi connectivity index (χ4n) is 4.74. The van der Waals surface area contributed by atoms with Crippen molar-refractivity contribution in [3.05, 3.63) is 71.8 Å². The standard InChI is InChI=1S/C30H35N3O4/c1-20(2)18-31-29(35)21(3)33(19-22-9-5-12-24(17-22)37-4)27(34)15-8-16-32-26-14-7-11-23-10-6-13-25(28(23)26)30(32)36/h5-7,9-14,17,20-21H,8,15-16,18-19H2,1-4H3,(H,31,35). The Bertz CT molecular complexity index is 1300. The van der Waals surface area contributed by atoms with E-state index in [-0.39, 0.29) is 24.1 Å². The highest BCUT2D eigenvalue weighted by molar-refractivity contribution is 6.25. The molecule has 4 rings (SSSR count). The summed E-state index contributed by atoms with van der Waals surface area (Å²) in [5.41, 5.74) is 2.47. The summed E-state index contributed by atoms with van der Waals surface area (Å²) in [7, 11) is 1.60. The molecule has 0 bridgehead atoms. The highest BCUT2D eigenvalue weighted by atomic mass is 16.5. The number of hydrogen-bond donors (Lipinski definition) is 1. The summed E-state index contributed by atoms with van der Waals surface area (Å²) >= 11 is 0. The van der Waals surface area contributed by atoms with Crippen molar-refractivity contribution in [2.75, 3.05) is 25.1 Å². The predicted molar refractivity (Wildman–Crippen MR) is 146 cm³/mol. The zero-order valence-corrected chi connectivity index (χ0v) is 22.0. The van der Waals surface area contributed by atoms with Crippen molar-refractivity contribution < 1.29 is 19.1 Å². The number of anilines is 1. The maximum absolute atomic E-state index is 13.5. The smallest absolute Gasteiger partial charge is 0.258 e. The molecule has 1 heterocycles. The molecule has 0 saturated carbocycles. The van der Waals surface area contributed by atoms with Crippen molar-refractivity contribution in [2.45, 2.75) is 46.2 Å². The van der Waals surface area contributed by atoms with E-state index >= 15 is 0 Å². The van der Waals surface area contributed by atoms with Crippen LogP contribution in [0.2, 0.25) is 0 Å². The minimum Gasteiger partial charge on any atom is -0.497 e. The molecule has 0 saturated heterocycles. The largest absolute Gasteiger partial charge is 0.497 e. The highest BCUT2D eigenvalue weighted by Gasteiger charge is 2.30. The number of benzene rings is 3. The number of amides is 3. The van der Waals surface area contributed by atoms with Crippen LogP contribution < -0.4 is 15.0 Å². The van der Waals surface area contributed by atoms with Gasteiger partial charge in [-0.3, -0.25) is 14.4 Å². The molecular weight excluding hydrogens is 466 g/mol. The first-order valence-electron chi connectivity index (χ1n) is 12.8. The second-order valence-corrected chi connectivity index (χ2v) is 9.93. The van der Waals surface area contributed by atoms with Crippen LogP contribution in [0.15, 0.2) is 60.7 Å². The second kappa shape index (κ2) is 11.5. The number of hydrogen-bond acceptors (Lipinski definition) is 4. The van der Waals surface area contributed by atoms with Gasteiger partial charge in [0.15, 0.2) is 0 Å². The Kier molecular flexibility index (Phi) is 8.11. The molecule has 3 aromatic carbocycles. The van der Waals surface area contributed by atoms with E-state index < -0.39 is 6.04 Å². The van der Waals surface area contributed by atoms with Crippen molar-refractivity contribution >= 4 is 34.2 Å². The Balaban J connectivity index is 1.46. The summed E-state index contributed by atoms with van der Waals surface area (Å²) in [6.45, 7) is 7.09. The van der Waals surface area contributed by atoms with Gasteiger partial charge in [0, 0.05) is 37.0 Å². The number of methoxy groups -OCH3 is 1. The summed E-state index contributed by atoms with van der Waals surface area (Å²) < 4.78 is 5.33. The van der Waals surface area contributed by atoms with E-state index in [0.717, 1.165) is 22.0 Å². The van der Waals surface area contributed by atoms with Crippen LogP contribution >= 0.6 is 0 Å². The number of carbonyl (C=O) groups excluding carboxylic acids is 3. The lowest BCUT2D eigenvalue weighted by molar-refractivity contribution is -0.140. The van der Waals surface area contributed by atoms with Crippen LogP contribution in [0.3, 0.4) is 0 Å². The molecular formula is C30H35N3O4. The van der Waals surface area contributed by atoms with Crippen molar-refractivity contribution in [3.8, 4) is 5.75 Å². The molecule has 37 heavy (non-hydrogen) atoms. The monoisotopic (exact) mass is 501 g/mol. The van der Waals surface area contributed by atoms with Crippen LogP contribution in [0.4, 0.5) is 5.69 Å². The molecule has 194 valence electrons. The van der Waals surface area contributed by atoms with Gasteiger partial charge in [-0.2, -0.15) is 0 Å². The minimum atomic E-state index is -0.635. The number of ether oxygens (including phenoxy) is 1. The van der Waals surface area contributed by atoms with Gasteiger partial charge in [-0.25, -0.2) is 0 Å². The lowest BCUT2D eigenvalue weighted by Crippen LogP contribution is -2.48. The fourth-order valence-corrected chi connectivity index (χ4v) is 4.74. The van der Waals surface area contributed by atoms with E-state index in [1.807, 2.05) is 74.5 Å². The third-order valence-electron chi connectivity index (χ3n) is 6.76. The van der Waals surface area contributed by atoms with Crippen LogP contribution in [0.5, 0.6) is 5.75 Å². The van der Waals surface area contributed by atoms with E-state index in [1.54, 1.807) is 23.8 Å². The molecule has 7 heteroatoms. The molecule has 0 aliphatic carbocycles. The average molecular weight is 502 g/mol. The molecule has 1 atom stereocenters. The van der Waals surface area contributed by atoms with Gasteiger partial charge in [-0.15, -0.1) is 0 Å². The van der Waals surface area contributed by atoms with Crippen molar-refractivity contribution in [1.29, 1.82) is 0 Å². The van der Waals surface area contributed by atoms with E-state index in [9.17, 15) is 14.4 Å². The number of rotatable bonds is 11. The van der Waals surface area contributed by atoms with E-state index in [0.29, 0.717) is 43.3 Å². The Morgan fingerprint density at radius 3 is 2.49 bits per heavy atom. The Labute approximate surface area is 218 Å². The van der Waals surface area contributed by atoms with Gasteiger partial charge in [-0.1, -0.05) is 50.2 Å². The van der Waals surface area contributed by atoms with E-state index in [4.69, 9.17) is 4.74 Å². The maximum atomic E-state index is 13.5. The topological polar surface area (TPSA) is 79.0 Å². The molecule has 0 aromatic heterocycles. The lowest BCUT2D eigenvalue weighted by atomic mass is 10.1. The summed E-state index contributed by atoms with van der Waals surface area (Å²) in [4.78, 5) is 42.8. The summed E-state index contributed by atoms with van der Waals surface area (Å²) in [6.07, 6.45) is 0.714. The predicted octanol–water partition coefficient (Wildman–Crippen LogP) is 4.78. The lowest BCUT2D eigenvalue weighted by Gasteiger charge is -2.29. The first kappa shape index (κ1) is 26.2. The number of nitrogens with zero attached hydrogens (tertiary/aromatic N) is 2. The summed E-state index contributed by atoms with van der Waals surface area (Å²) in [6, 6.07) is 18.5. The number of nitrogens with one attached hydrogen (secondary N) is 1. The first-order valence-corrected chi connectivity index (χ1v) is 12.8. The van der Waals surface area contributed by atoms with Crippen LogP contribution in [0.1, 0.15) is 49.5 Å². The van der Waals surface area contributed by atoms with Crippen molar-refractivity contribution in [1.82, 2.24) is 10.2 Å². The van der Waals surface area contributed by atoms with E-state index in [2.05, 4.69) is 5.32 Å². The van der Waals surface area contributed by atoms with Crippen molar-refractivity contribution in [3.63, 3.8) is 0 Å². The second-order valence-electron chi connectivity index (χ2n) is 9.93. The highest BCUT2D eigenvalue weighted by Crippen LogP contribution is 2.37. The third kappa shape index (κ3) is 5.77. The zero-order chi connectivity index (χ0) is 26.5. The molecule has 0 radical (unpaired) electrons. The molecule has 0 spiro atoms. The molecule has 1 unspecified atom stereocenters. The SMILES string of the molecule is COc1cccc(CN(C(=O)CCCN2C(=O)c3cccc4cccc2c34)C(C)C(=O)NCC(C)C)c1. The van der Waals surface area contributed by atoms with Gasteiger partial charge < -0.3 is 19.9 Å². The van der Waals surface area contributed by atoms with Crippen LogP contribution in [0.25, 0.3) is 10.8 Å². The summed E-state index contributed by atoms with van der Waals surface area (Å²) in [5.74, 6) is 0.668. The molecule has 0 fully saturated rings. The quantitative estimate of drug-likeness (QED) is 0.410. The molecule has 1 aliphatic rings. The Morgan fingerprint density at radius 2 is 1.76 bits per heavy atom. The average Bonchev–Trinajstić information content (AvgIpc) is 3.18. The fraction of sp³-hybridized carbons (Fsp3) is 0.367. The Morgan fingerprint density at radius 1 is 1.03 bits per heavy atom. The van der Waals surface area contributed by atoms with Gasteiger partial charge in [0.2, 0.25) is 11.8 Å². The first-order chi connectivity index (χ1) is 17.8. The van der Waals surface area contributed by atoms with Gasteiger partial charge >= 0.3 is 0 Å². The molecule has 3 aromatic rings. The summed E-state index contributed by atoms with van der Waals surface area (Å²) in [5, 5.41) is 4.95. The van der Waals surface area contributed by atoms with E-state index in [1.165, 1.54) is 0 Å². The van der Waals surface area contributed by atoms with Crippen LogP contribution in [-0.4, -0.2) is 48.9 Å². The molecule has 1 aliphatic heterocycles. The molecule has 7 nitrogen and oxygen atoms in total. The van der Waals surface area contributed by atoms with Crippen LogP contribution in [0, 0.1) is 5.92 Å². The molecule has 1 N–H and O–H groups in total. The third-order valence-corrected chi connectivity index (χ3v) is 6.76. The normalized spacial score (nSPS) is 13.2. The van der Waals surface area contributed by atoms with Gasteiger partial charge in [0.05, 0.1) is 12.8 Å². The Hall–Kier alpha value is -3.87. The van der Waals surface area contributed by atoms with Gasteiger partial charge in [0.1, 0.15) is 11.8 Å². The van der Waals surface area contributed by atoms with Crippen LogP contribution in [-0.2, 0) is 16.1 Å². The van der Waals surface area contributed by atoms with Gasteiger partial charge in [-0.05, 0) is 54.5 Å². The maximum Gasteiger partial charge on any atom is 0.258 e. The van der Waals surface area contributed by atoms with Crippen molar-refractivity contribution in [2.24, 2.45) is 5.92 Å². The van der Waals surface area contributed by atoms with Gasteiger partial charge in [0.25, 0.3) is 5.91 Å².